The molecule has 0 aliphatic heterocycles. The molecule has 25 heavy (non-hydrogen) atoms. The van der Waals surface area contributed by atoms with Crippen LogP contribution in [-0.4, -0.2) is 16.9 Å². The fourth-order valence-electron chi connectivity index (χ4n) is 2.68. The third-order valence-electron chi connectivity index (χ3n) is 4.14. The number of nitrogens with one attached hydrogen (secondary N) is 1. The lowest BCUT2D eigenvalue weighted by Gasteiger charge is -2.12. The zero-order chi connectivity index (χ0) is 18.5. The van der Waals surface area contributed by atoms with Gasteiger partial charge in [-0.25, -0.2) is 0 Å². The van der Waals surface area contributed by atoms with Crippen molar-refractivity contribution in [1.82, 2.24) is 5.32 Å². The van der Waals surface area contributed by atoms with E-state index >= 15 is 0 Å². The normalized spacial score (nSPS) is 12.2. The van der Waals surface area contributed by atoms with E-state index in [0.29, 0.717) is 5.56 Å². The van der Waals surface area contributed by atoms with E-state index < -0.39 is 4.92 Å². The number of unbranched alkanes of at least 4 members (excludes halogenated alkanes) is 6. The molecule has 1 amide bonds. The number of benzene rings is 1. The smallest absolute Gasteiger partial charge is 0.270 e. The maximum Gasteiger partial charge on any atom is 0.270 e. The Labute approximate surface area is 150 Å². The molecule has 1 atom stereocenters. The predicted molar refractivity (Wildman–Crippen MR) is 102 cm³/mol. The Bertz CT molecular complexity index is 570. The molecule has 0 saturated carbocycles. The summed E-state index contributed by atoms with van der Waals surface area (Å²) in [6.45, 7) is 4.23. The second-order valence-electron chi connectivity index (χ2n) is 6.51. The zero-order valence-electron chi connectivity index (χ0n) is 15.4. The summed E-state index contributed by atoms with van der Waals surface area (Å²) >= 11 is 0. The Balaban J connectivity index is 2.26. The number of hydrogen-bond donors (Lipinski definition) is 1. The van der Waals surface area contributed by atoms with Gasteiger partial charge in [0.15, 0.2) is 0 Å². The highest BCUT2D eigenvalue weighted by Gasteiger charge is 2.06. The Morgan fingerprint density at radius 3 is 2.56 bits per heavy atom. The minimum absolute atomic E-state index is 0.0230. The maximum absolute atomic E-state index is 11.9. The lowest BCUT2D eigenvalue weighted by atomic mass is 10.1. The number of non-ortho nitro benzene ring substituents is 1. The Morgan fingerprint density at radius 1 is 1.20 bits per heavy atom. The van der Waals surface area contributed by atoms with Crippen molar-refractivity contribution in [3.8, 4) is 0 Å². The maximum atomic E-state index is 11.9. The van der Waals surface area contributed by atoms with Gasteiger partial charge in [0, 0.05) is 24.3 Å². The van der Waals surface area contributed by atoms with Crippen molar-refractivity contribution >= 4 is 17.7 Å². The molecule has 0 fully saturated rings. The van der Waals surface area contributed by atoms with Gasteiger partial charge in [0.25, 0.3) is 5.69 Å². The van der Waals surface area contributed by atoms with Gasteiger partial charge in [0.2, 0.25) is 5.91 Å². The summed E-state index contributed by atoms with van der Waals surface area (Å²) in [6, 6.07) is 6.36. The first-order chi connectivity index (χ1) is 12.0. The fraction of sp³-hybridized carbons (Fsp3) is 0.550. The van der Waals surface area contributed by atoms with E-state index in [9.17, 15) is 14.9 Å². The highest BCUT2D eigenvalue weighted by atomic mass is 16.6. The molecule has 1 rings (SSSR count). The lowest BCUT2D eigenvalue weighted by Crippen LogP contribution is -2.30. The number of nitrogens with zero attached hydrogens (tertiary/aromatic N) is 1. The molecule has 1 aromatic carbocycles. The molecule has 1 N–H and O–H groups in total. The van der Waals surface area contributed by atoms with Gasteiger partial charge in [-0.2, -0.15) is 0 Å². The monoisotopic (exact) mass is 346 g/mol. The van der Waals surface area contributed by atoms with Crippen molar-refractivity contribution < 1.29 is 9.72 Å². The Kier molecular flexibility index (Phi) is 10.2. The molecule has 5 nitrogen and oxygen atoms in total. The van der Waals surface area contributed by atoms with Gasteiger partial charge in [-0.15, -0.1) is 0 Å². The van der Waals surface area contributed by atoms with Crippen LogP contribution in [0.1, 0.15) is 70.8 Å². The molecule has 1 aromatic rings. The van der Waals surface area contributed by atoms with Crippen LogP contribution in [0.3, 0.4) is 0 Å². The second-order valence-corrected chi connectivity index (χ2v) is 6.51. The number of hydrogen-bond acceptors (Lipinski definition) is 3. The van der Waals surface area contributed by atoms with E-state index in [1.807, 2.05) is 6.92 Å². The van der Waals surface area contributed by atoms with Crippen LogP contribution in [0.5, 0.6) is 0 Å². The number of carbonyl (C=O) groups is 1. The van der Waals surface area contributed by atoms with Gasteiger partial charge in [-0.1, -0.05) is 64.0 Å². The number of rotatable bonds is 12. The fourth-order valence-corrected chi connectivity index (χ4v) is 2.68. The molecule has 0 saturated heterocycles. The van der Waals surface area contributed by atoms with Gasteiger partial charge < -0.3 is 5.32 Å². The number of amides is 1. The average molecular weight is 346 g/mol. The predicted octanol–water partition coefficient (Wildman–Crippen LogP) is 5.25. The number of nitro benzene ring substituents is 1. The van der Waals surface area contributed by atoms with Gasteiger partial charge >= 0.3 is 0 Å². The SMILES string of the molecule is CCCCCCCCCC(C)NC(=O)C=Cc1cccc([N+](=O)[O-])c1. The average Bonchev–Trinajstić information content (AvgIpc) is 2.59. The molecule has 0 aromatic heterocycles. The highest BCUT2D eigenvalue weighted by molar-refractivity contribution is 5.91. The molecule has 0 bridgehead atoms. The first kappa shape index (κ1) is 20.9. The highest BCUT2D eigenvalue weighted by Crippen LogP contribution is 2.14. The minimum Gasteiger partial charge on any atom is -0.350 e. The van der Waals surface area contributed by atoms with Crippen LogP contribution in [0.4, 0.5) is 5.69 Å². The molecule has 138 valence electrons. The first-order valence-electron chi connectivity index (χ1n) is 9.26. The van der Waals surface area contributed by atoms with Crippen LogP contribution >= 0.6 is 0 Å². The summed E-state index contributed by atoms with van der Waals surface area (Å²) in [6.07, 6.45) is 12.8. The molecule has 0 aliphatic carbocycles. The van der Waals surface area contributed by atoms with Crippen LogP contribution < -0.4 is 5.32 Å². The molecule has 1 unspecified atom stereocenters. The van der Waals surface area contributed by atoms with E-state index in [2.05, 4.69) is 12.2 Å². The zero-order valence-corrected chi connectivity index (χ0v) is 15.4. The molecule has 5 heteroatoms. The van der Waals surface area contributed by atoms with Gasteiger partial charge in [0.1, 0.15) is 0 Å². The largest absolute Gasteiger partial charge is 0.350 e. The van der Waals surface area contributed by atoms with Crippen LogP contribution in [0.25, 0.3) is 6.08 Å². The summed E-state index contributed by atoms with van der Waals surface area (Å²) in [5.41, 5.74) is 0.666. The van der Waals surface area contributed by atoms with Crippen molar-refractivity contribution in [2.45, 2.75) is 71.3 Å². The second kappa shape index (κ2) is 12.2. The molecule has 0 radical (unpaired) electrons. The summed E-state index contributed by atoms with van der Waals surface area (Å²) in [5, 5.41) is 13.7. The summed E-state index contributed by atoms with van der Waals surface area (Å²) in [5.74, 6) is -0.165. The summed E-state index contributed by atoms with van der Waals surface area (Å²) in [7, 11) is 0. The lowest BCUT2D eigenvalue weighted by molar-refractivity contribution is -0.384. The van der Waals surface area contributed by atoms with E-state index in [0.717, 1.165) is 12.8 Å². The van der Waals surface area contributed by atoms with E-state index in [4.69, 9.17) is 0 Å². The van der Waals surface area contributed by atoms with Crippen LogP contribution in [0.2, 0.25) is 0 Å². The van der Waals surface area contributed by atoms with Crippen LogP contribution in [0.15, 0.2) is 30.3 Å². The molecular formula is C20H30N2O3. The van der Waals surface area contributed by atoms with Crippen molar-refractivity contribution in [3.05, 3.63) is 46.0 Å². The van der Waals surface area contributed by atoms with Crippen LogP contribution in [-0.2, 0) is 4.79 Å². The van der Waals surface area contributed by atoms with Gasteiger partial charge in [-0.3, -0.25) is 14.9 Å². The summed E-state index contributed by atoms with van der Waals surface area (Å²) < 4.78 is 0. The quantitative estimate of drug-likeness (QED) is 0.243. The molecular weight excluding hydrogens is 316 g/mol. The number of carbonyl (C=O) groups excluding carboxylic acids is 1. The van der Waals surface area contributed by atoms with Crippen molar-refractivity contribution in [3.63, 3.8) is 0 Å². The van der Waals surface area contributed by atoms with Gasteiger partial charge in [0.05, 0.1) is 4.92 Å². The Morgan fingerprint density at radius 2 is 1.88 bits per heavy atom. The molecule has 0 spiro atoms. The standard InChI is InChI=1S/C20H30N2O3/c1-3-4-5-6-7-8-9-11-17(2)21-20(23)15-14-18-12-10-13-19(16-18)22(24)25/h10,12-17H,3-9,11H2,1-2H3,(H,21,23). The van der Waals surface area contributed by atoms with Crippen molar-refractivity contribution in [2.75, 3.05) is 0 Å². The van der Waals surface area contributed by atoms with E-state index in [1.54, 1.807) is 18.2 Å². The van der Waals surface area contributed by atoms with Gasteiger partial charge in [-0.05, 0) is 25.0 Å². The van der Waals surface area contributed by atoms with Crippen molar-refractivity contribution in [1.29, 1.82) is 0 Å². The summed E-state index contributed by atoms with van der Waals surface area (Å²) in [4.78, 5) is 22.2. The first-order valence-corrected chi connectivity index (χ1v) is 9.26. The molecule has 0 aliphatic rings. The molecule has 0 heterocycles. The third kappa shape index (κ3) is 9.65. The van der Waals surface area contributed by atoms with E-state index in [1.165, 1.54) is 56.7 Å². The van der Waals surface area contributed by atoms with Crippen LogP contribution in [0, 0.1) is 10.1 Å². The van der Waals surface area contributed by atoms with Crippen molar-refractivity contribution in [2.24, 2.45) is 0 Å². The third-order valence-corrected chi connectivity index (χ3v) is 4.14. The number of nitro groups is 1. The topological polar surface area (TPSA) is 72.2 Å². The minimum atomic E-state index is -0.443. The Hall–Kier alpha value is -2.17. The van der Waals surface area contributed by atoms with E-state index in [-0.39, 0.29) is 17.6 Å².